The van der Waals surface area contributed by atoms with Gasteiger partial charge in [0.2, 0.25) is 5.69 Å². The summed E-state index contributed by atoms with van der Waals surface area (Å²) in [4.78, 5) is 20.8. The lowest BCUT2D eigenvalue weighted by Crippen LogP contribution is -2.12. The Morgan fingerprint density at radius 1 is 1.09 bits per heavy atom. The number of aromatic amines is 1. The van der Waals surface area contributed by atoms with Crippen molar-refractivity contribution in [1.82, 2.24) is 25.0 Å². The molecule has 32 heavy (non-hydrogen) atoms. The molecule has 0 saturated heterocycles. The molecule has 1 atom stereocenters. The number of rotatable bonds is 3. The molecule has 3 heterocycles. The van der Waals surface area contributed by atoms with Crippen molar-refractivity contribution in [2.24, 2.45) is 7.05 Å². The van der Waals surface area contributed by atoms with E-state index in [1.165, 1.54) is 0 Å². The molecule has 0 aliphatic heterocycles. The molecule has 0 amide bonds. The molecular formula is C24H17ClN6O. The molecule has 0 aliphatic rings. The van der Waals surface area contributed by atoms with Crippen molar-refractivity contribution in [3.8, 4) is 22.5 Å². The summed E-state index contributed by atoms with van der Waals surface area (Å²) in [5.41, 5.74) is 4.10. The molecule has 7 nitrogen and oxygen atoms in total. The fraction of sp³-hybridized carbons (Fsp3) is 0.125. The lowest BCUT2D eigenvalue weighted by molar-refractivity contribution is 0.776. The van der Waals surface area contributed by atoms with Gasteiger partial charge in [0.25, 0.3) is 5.56 Å². The molecule has 156 valence electrons. The lowest BCUT2D eigenvalue weighted by Gasteiger charge is -2.12. The molecule has 0 spiro atoms. The molecule has 0 fully saturated rings. The maximum Gasteiger partial charge on any atom is 0.273 e. The first kappa shape index (κ1) is 19.9. The van der Waals surface area contributed by atoms with E-state index in [1.54, 1.807) is 29.9 Å². The number of aromatic nitrogens is 5. The van der Waals surface area contributed by atoms with Crippen molar-refractivity contribution < 1.29 is 0 Å². The van der Waals surface area contributed by atoms with Gasteiger partial charge in [0.15, 0.2) is 0 Å². The van der Waals surface area contributed by atoms with Crippen LogP contribution < -0.4 is 5.56 Å². The normalized spacial score (nSPS) is 12.2. The van der Waals surface area contributed by atoms with Gasteiger partial charge in [-0.3, -0.25) is 9.48 Å². The van der Waals surface area contributed by atoms with Crippen LogP contribution >= 0.6 is 11.6 Å². The number of nitrogens with one attached hydrogen (secondary N) is 1. The van der Waals surface area contributed by atoms with Gasteiger partial charge in [-0.05, 0) is 29.8 Å². The van der Waals surface area contributed by atoms with Crippen LogP contribution in [-0.2, 0) is 7.05 Å². The van der Waals surface area contributed by atoms with Crippen LogP contribution in [0.4, 0.5) is 5.69 Å². The fourth-order valence-electron chi connectivity index (χ4n) is 4.00. The van der Waals surface area contributed by atoms with Crippen molar-refractivity contribution in [2.45, 2.75) is 12.3 Å². The summed E-state index contributed by atoms with van der Waals surface area (Å²) in [5, 5.41) is 12.9. The lowest BCUT2D eigenvalue weighted by atomic mass is 9.98. The molecule has 5 aromatic rings. The highest BCUT2D eigenvalue weighted by atomic mass is 35.5. The minimum Gasteiger partial charge on any atom is -0.269 e. The zero-order valence-corrected chi connectivity index (χ0v) is 18.1. The van der Waals surface area contributed by atoms with E-state index < -0.39 is 5.38 Å². The first-order valence-corrected chi connectivity index (χ1v) is 10.4. The Morgan fingerprint density at radius 2 is 1.91 bits per heavy atom. The second-order valence-electron chi connectivity index (χ2n) is 7.47. The number of aryl methyl sites for hydroxylation is 1. The maximum atomic E-state index is 12.3. The molecule has 1 unspecified atom stereocenters. The first-order valence-electron chi connectivity index (χ1n) is 9.95. The number of benzene rings is 2. The van der Waals surface area contributed by atoms with Gasteiger partial charge in [0, 0.05) is 18.2 Å². The summed E-state index contributed by atoms with van der Waals surface area (Å²) < 4.78 is 1.74. The number of halogens is 1. The highest BCUT2D eigenvalue weighted by Crippen LogP contribution is 2.41. The standard InChI is InChI=1S/C24H17ClN6O/c1-13(25)20-22-17(24(32)30-29-20)10-11-19(28-22)18-12-27-31(3)23(18)16-9-8-14-6-4-5-7-15(14)21(16)26-2/h4-13H,1,3H3,(H,30,32). The van der Waals surface area contributed by atoms with E-state index in [0.29, 0.717) is 28.0 Å². The molecule has 0 saturated carbocycles. The zero-order valence-electron chi connectivity index (χ0n) is 17.3. The second kappa shape index (κ2) is 7.59. The number of alkyl halides is 1. The van der Waals surface area contributed by atoms with Crippen molar-refractivity contribution in [3.63, 3.8) is 0 Å². The average molecular weight is 441 g/mol. The number of nitrogens with zero attached hydrogens (tertiary/aromatic N) is 5. The zero-order chi connectivity index (χ0) is 22.4. The molecule has 1 N–H and O–H groups in total. The van der Waals surface area contributed by atoms with Crippen LogP contribution in [0.25, 0.3) is 49.0 Å². The third-order valence-corrected chi connectivity index (χ3v) is 5.73. The van der Waals surface area contributed by atoms with Gasteiger partial charge in [-0.2, -0.15) is 10.2 Å². The molecule has 2 aromatic carbocycles. The van der Waals surface area contributed by atoms with Crippen LogP contribution in [0.2, 0.25) is 0 Å². The molecule has 5 rings (SSSR count). The minimum atomic E-state index is -0.431. The van der Waals surface area contributed by atoms with E-state index in [0.717, 1.165) is 27.6 Å². The van der Waals surface area contributed by atoms with Crippen LogP contribution in [0.15, 0.2) is 59.5 Å². The number of fused-ring (bicyclic) bond motifs is 2. The number of hydrogen-bond donors (Lipinski definition) is 1. The van der Waals surface area contributed by atoms with Gasteiger partial charge in [-0.1, -0.05) is 36.4 Å². The van der Waals surface area contributed by atoms with E-state index >= 15 is 0 Å². The molecule has 0 radical (unpaired) electrons. The van der Waals surface area contributed by atoms with Crippen LogP contribution in [0, 0.1) is 6.57 Å². The third-order valence-electron chi connectivity index (χ3n) is 5.52. The molecule has 8 heteroatoms. The number of pyridine rings is 1. The Balaban J connectivity index is 1.79. The summed E-state index contributed by atoms with van der Waals surface area (Å²) >= 11 is 6.28. The Bertz CT molecular complexity index is 1610. The van der Waals surface area contributed by atoms with Crippen LogP contribution in [0.3, 0.4) is 0 Å². The van der Waals surface area contributed by atoms with Crippen molar-refractivity contribution in [3.05, 3.63) is 82.2 Å². The number of hydrogen-bond acceptors (Lipinski definition) is 4. The van der Waals surface area contributed by atoms with Crippen LogP contribution in [0.5, 0.6) is 0 Å². The maximum absolute atomic E-state index is 12.3. The molecular weight excluding hydrogens is 424 g/mol. The van der Waals surface area contributed by atoms with Gasteiger partial charge in [0.05, 0.1) is 34.9 Å². The van der Waals surface area contributed by atoms with E-state index in [1.807, 2.05) is 43.4 Å². The Kier molecular flexibility index (Phi) is 4.72. The minimum absolute atomic E-state index is 0.323. The smallest absolute Gasteiger partial charge is 0.269 e. The van der Waals surface area contributed by atoms with E-state index in [9.17, 15) is 4.79 Å². The average Bonchev–Trinajstić information content (AvgIpc) is 3.19. The van der Waals surface area contributed by atoms with Crippen molar-refractivity contribution >= 4 is 39.0 Å². The first-order chi connectivity index (χ1) is 15.5. The summed E-state index contributed by atoms with van der Waals surface area (Å²) in [6, 6.07) is 15.2. The summed E-state index contributed by atoms with van der Waals surface area (Å²) in [6.45, 7) is 9.62. The van der Waals surface area contributed by atoms with E-state index in [2.05, 4.69) is 20.1 Å². The Hall–Kier alpha value is -4.02. The van der Waals surface area contributed by atoms with Gasteiger partial charge in [-0.25, -0.2) is 14.9 Å². The van der Waals surface area contributed by atoms with Gasteiger partial charge < -0.3 is 0 Å². The van der Waals surface area contributed by atoms with Gasteiger partial charge in [0.1, 0.15) is 11.2 Å². The quantitative estimate of drug-likeness (QED) is 0.301. The molecule has 0 aliphatic carbocycles. The van der Waals surface area contributed by atoms with Crippen LogP contribution in [0.1, 0.15) is 18.0 Å². The summed E-state index contributed by atoms with van der Waals surface area (Å²) in [6.07, 6.45) is 1.72. The van der Waals surface area contributed by atoms with Crippen LogP contribution in [-0.4, -0.2) is 25.0 Å². The van der Waals surface area contributed by atoms with Crippen molar-refractivity contribution in [2.75, 3.05) is 0 Å². The monoisotopic (exact) mass is 440 g/mol. The van der Waals surface area contributed by atoms with E-state index in [4.69, 9.17) is 23.2 Å². The number of H-pyrrole nitrogens is 1. The van der Waals surface area contributed by atoms with Gasteiger partial charge >= 0.3 is 0 Å². The third kappa shape index (κ3) is 3.04. The second-order valence-corrected chi connectivity index (χ2v) is 8.13. The summed E-state index contributed by atoms with van der Waals surface area (Å²) in [5.74, 6) is 0. The Morgan fingerprint density at radius 3 is 2.69 bits per heavy atom. The van der Waals surface area contributed by atoms with E-state index in [-0.39, 0.29) is 5.56 Å². The predicted molar refractivity (Wildman–Crippen MR) is 126 cm³/mol. The fourth-order valence-corrected chi connectivity index (χ4v) is 4.15. The largest absolute Gasteiger partial charge is 0.273 e. The van der Waals surface area contributed by atoms with Gasteiger partial charge in [-0.15, -0.1) is 11.6 Å². The predicted octanol–water partition coefficient (Wildman–Crippen LogP) is 5.39. The van der Waals surface area contributed by atoms with Crippen molar-refractivity contribution in [1.29, 1.82) is 0 Å². The molecule has 3 aromatic heterocycles. The Labute approximate surface area is 188 Å². The SMILES string of the molecule is [C-]#[N+]c1c(-c2c(-c3ccc4c(=O)[nH]nc(C(C)Cl)c4n3)cnn2C)ccc2ccccc12. The highest BCUT2D eigenvalue weighted by Gasteiger charge is 2.20. The summed E-state index contributed by atoms with van der Waals surface area (Å²) in [7, 11) is 1.83. The highest BCUT2D eigenvalue weighted by molar-refractivity contribution is 6.21. The molecule has 0 bridgehead atoms. The topological polar surface area (TPSA) is 80.8 Å².